The van der Waals surface area contributed by atoms with E-state index in [2.05, 4.69) is 22.3 Å². The zero-order valence-corrected chi connectivity index (χ0v) is 13.5. The highest BCUT2D eigenvalue weighted by Crippen LogP contribution is 2.39. The molecule has 5 rings (SSSR count). The lowest BCUT2D eigenvalue weighted by Gasteiger charge is -2.20. The highest BCUT2D eigenvalue weighted by Gasteiger charge is 2.17. The number of fused-ring (bicyclic) bond motifs is 4. The molecule has 24 heavy (non-hydrogen) atoms. The molecule has 0 aliphatic carbocycles. The van der Waals surface area contributed by atoms with Crippen molar-refractivity contribution in [3.63, 3.8) is 0 Å². The Kier molecular flexibility index (Phi) is 2.87. The van der Waals surface area contributed by atoms with Crippen LogP contribution in [0.15, 0.2) is 48.5 Å². The maximum atomic E-state index is 5.76. The molecule has 1 N–H and O–H groups in total. The van der Waals surface area contributed by atoms with Gasteiger partial charge in [-0.3, -0.25) is 9.50 Å². The van der Waals surface area contributed by atoms with E-state index in [-0.39, 0.29) is 0 Å². The minimum absolute atomic E-state index is 0.552. The number of nitrogens with zero attached hydrogens (tertiary/aromatic N) is 2. The van der Waals surface area contributed by atoms with E-state index in [4.69, 9.17) is 21.7 Å². The van der Waals surface area contributed by atoms with Crippen LogP contribution in [0.3, 0.4) is 0 Å². The van der Waals surface area contributed by atoms with Gasteiger partial charge in [0.2, 0.25) is 0 Å². The van der Waals surface area contributed by atoms with E-state index in [9.17, 15) is 0 Å². The van der Waals surface area contributed by atoms with Gasteiger partial charge in [-0.05, 0) is 35.5 Å². The number of benzene rings is 2. The molecule has 3 heterocycles. The number of H-pyrrole nitrogens is 1. The maximum Gasteiger partial charge on any atom is 0.200 e. The first-order valence-electron chi connectivity index (χ1n) is 7.70. The van der Waals surface area contributed by atoms with Crippen LogP contribution in [0.1, 0.15) is 0 Å². The second kappa shape index (κ2) is 5.07. The van der Waals surface area contributed by atoms with Crippen molar-refractivity contribution < 1.29 is 9.47 Å². The highest BCUT2D eigenvalue weighted by molar-refractivity contribution is 7.71. The summed E-state index contributed by atoms with van der Waals surface area (Å²) >= 11 is 5.40. The minimum Gasteiger partial charge on any atom is -0.486 e. The molecule has 0 saturated carbocycles. The molecule has 0 radical (unpaired) electrons. The van der Waals surface area contributed by atoms with Crippen molar-refractivity contribution in [3.05, 3.63) is 53.3 Å². The largest absolute Gasteiger partial charge is 0.486 e. The number of nitrogens with one attached hydrogen (secondary N) is 1. The molecule has 0 spiro atoms. The Labute approximate surface area is 142 Å². The van der Waals surface area contributed by atoms with E-state index in [0.29, 0.717) is 18.0 Å². The second-order valence-electron chi connectivity index (χ2n) is 5.66. The van der Waals surface area contributed by atoms with Gasteiger partial charge in [0.05, 0.1) is 5.52 Å². The summed E-state index contributed by atoms with van der Waals surface area (Å²) in [6.07, 6.45) is 0. The predicted octanol–water partition coefficient (Wildman–Crippen LogP) is 3.98. The summed E-state index contributed by atoms with van der Waals surface area (Å²) < 4.78 is 14.0. The van der Waals surface area contributed by atoms with Crippen LogP contribution in [0.4, 0.5) is 0 Å². The molecular weight excluding hydrogens is 322 g/mol. The van der Waals surface area contributed by atoms with E-state index >= 15 is 0 Å². The number of ether oxygens (including phenoxy) is 2. The van der Waals surface area contributed by atoms with Gasteiger partial charge in [-0.15, -0.1) is 0 Å². The standard InChI is InChI=1S/C18H13N3O2S/c24-18-20-19-17-9-12(11-4-2-1-3-5-11)13-8-15-16(23-7-6-22-15)10-14(13)21(17)18/h1-5,8-10H,6-7H2,(H,20,24). The molecule has 6 heteroatoms. The van der Waals surface area contributed by atoms with Gasteiger partial charge in [0.25, 0.3) is 0 Å². The molecule has 118 valence electrons. The van der Waals surface area contributed by atoms with Crippen LogP contribution in [-0.2, 0) is 0 Å². The number of rotatable bonds is 1. The molecule has 5 nitrogen and oxygen atoms in total. The van der Waals surface area contributed by atoms with Gasteiger partial charge >= 0.3 is 0 Å². The summed E-state index contributed by atoms with van der Waals surface area (Å²) in [4.78, 5) is 0. The summed E-state index contributed by atoms with van der Waals surface area (Å²) in [5, 5.41) is 8.26. The summed E-state index contributed by atoms with van der Waals surface area (Å²) in [5.41, 5.74) is 3.94. The summed E-state index contributed by atoms with van der Waals surface area (Å²) in [5.74, 6) is 1.50. The first-order chi connectivity index (χ1) is 11.8. The first-order valence-corrected chi connectivity index (χ1v) is 8.11. The number of aromatic amines is 1. The number of hydrogen-bond acceptors (Lipinski definition) is 4. The third-order valence-electron chi connectivity index (χ3n) is 4.25. The zero-order chi connectivity index (χ0) is 16.1. The monoisotopic (exact) mass is 335 g/mol. The molecule has 1 aliphatic rings. The van der Waals surface area contributed by atoms with Gasteiger partial charge in [0, 0.05) is 11.5 Å². The highest BCUT2D eigenvalue weighted by atomic mass is 32.1. The van der Waals surface area contributed by atoms with E-state index < -0.39 is 0 Å². The van der Waals surface area contributed by atoms with Gasteiger partial charge in [-0.2, -0.15) is 5.10 Å². The molecule has 4 aromatic rings. The van der Waals surface area contributed by atoms with Crippen LogP contribution in [-0.4, -0.2) is 27.8 Å². The van der Waals surface area contributed by atoms with E-state index in [0.717, 1.165) is 39.2 Å². The lowest BCUT2D eigenvalue weighted by molar-refractivity contribution is 0.172. The van der Waals surface area contributed by atoms with Crippen molar-refractivity contribution in [1.82, 2.24) is 14.6 Å². The lowest BCUT2D eigenvalue weighted by atomic mass is 10.0. The van der Waals surface area contributed by atoms with Gasteiger partial charge in [-0.25, -0.2) is 0 Å². The quantitative estimate of drug-likeness (QED) is 0.535. The predicted molar refractivity (Wildman–Crippen MR) is 94.3 cm³/mol. The van der Waals surface area contributed by atoms with Crippen molar-refractivity contribution in [2.75, 3.05) is 13.2 Å². The Morgan fingerprint density at radius 2 is 1.75 bits per heavy atom. The molecule has 0 atom stereocenters. The van der Waals surface area contributed by atoms with Gasteiger partial charge in [-0.1, -0.05) is 30.3 Å². The third-order valence-corrected chi connectivity index (χ3v) is 4.52. The van der Waals surface area contributed by atoms with Gasteiger partial charge in [0.1, 0.15) is 13.2 Å². The fourth-order valence-corrected chi connectivity index (χ4v) is 3.42. The van der Waals surface area contributed by atoms with Crippen LogP contribution in [0, 0.1) is 4.77 Å². The fourth-order valence-electron chi connectivity index (χ4n) is 3.18. The average Bonchev–Trinajstić information content (AvgIpc) is 3.01. The van der Waals surface area contributed by atoms with E-state index in [1.165, 1.54) is 0 Å². The summed E-state index contributed by atoms with van der Waals surface area (Å²) in [6, 6.07) is 16.3. The maximum absolute atomic E-state index is 5.76. The Morgan fingerprint density at radius 3 is 2.54 bits per heavy atom. The number of hydrogen-bond donors (Lipinski definition) is 1. The number of pyridine rings is 1. The van der Waals surface area contributed by atoms with Crippen LogP contribution in [0.25, 0.3) is 27.7 Å². The minimum atomic E-state index is 0.552. The molecule has 0 saturated heterocycles. The van der Waals surface area contributed by atoms with E-state index in [1.807, 2.05) is 40.8 Å². The van der Waals surface area contributed by atoms with Gasteiger partial charge in [0.15, 0.2) is 21.9 Å². The zero-order valence-electron chi connectivity index (χ0n) is 12.7. The van der Waals surface area contributed by atoms with Crippen molar-refractivity contribution >= 4 is 28.8 Å². The Bertz CT molecular complexity index is 1130. The normalized spacial score (nSPS) is 13.5. The van der Waals surface area contributed by atoms with Crippen LogP contribution in [0.5, 0.6) is 11.5 Å². The number of aromatic nitrogens is 3. The molecule has 0 unspecified atom stereocenters. The van der Waals surface area contributed by atoms with Crippen molar-refractivity contribution in [3.8, 4) is 22.6 Å². The lowest BCUT2D eigenvalue weighted by Crippen LogP contribution is -2.15. The van der Waals surface area contributed by atoms with Crippen LogP contribution in [0.2, 0.25) is 0 Å². The molecule has 0 fully saturated rings. The molecule has 0 amide bonds. The third kappa shape index (κ3) is 1.93. The first kappa shape index (κ1) is 13.6. The van der Waals surface area contributed by atoms with Crippen molar-refractivity contribution in [2.45, 2.75) is 0 Å². The average molecular weight is 335 g/mol. The Balaban J connectivity index is 1.96. The van der Waals surface area contributed by atoms with Crippen molar-refractivity contribution in [1.29, 1.82) is 0 Å². The molecular formula is C18H13N3O2S. The molecule has 2 aromatic carbocycles. The molecule has 1 aliphatic heterocycles. The van der Waals surface area contributed by atoms with Gasteiger partial charge < -0.3 is 9.47 Å². The molecule has 0 bridgehead atoms. The van der Waals surface area contributed by atoms with E-state index in [1.54, 1.807) is 0 Å². The topological polar surface area (TPSA) is 51.6 Å². The fraction of sp³-hybridized carbons (Fsp3) is 0.111. The Morgan fingerprint density at radius 1 is 1.00 bits per heavy atom. The summed E-state index contributed by atoms with van der Waals surface area (Å²) in [6.45, 7) is 1.11. The smallest absolute Gasteiger partial charge is 0.200 e. The summed E-state index contributed by atoms with van der Waals surface area (Å²) in [7, 11) is 0. The second-order valence-corrected chi connectivity index (χ2v) is 6.05. The van der Waals surface area contributed by atoms with Crippen molar-refractivity contribution in [2.24, 2.45) is 0 Å². The SMILES string of the molecule is S=c1[nH]nc2cc(-c3ccccc3)c3cc4c(cc3n12)OCCO4. The van der Waals surface area contributed by atoms with Crippen LogP contribution >= 0.6 is 12.2 Å². The van der Waals surface area contributed by atoms with Crippen LogP contribution < -0.4 is 9.47 Å². The molecule has 2 aromatic heterocycles. The Hall–Kier alpha value is -2.86.